The molecule has 20 heavy (non-hydrogen) atoms. The van der Waals surface area contributed by atoms with Crippen molar-refractivity contribution in [3.05, 3.63) is 65.9 Å². The highest BCUT2D eigenvalue weighted by Crippen LogP contribution is 2.30. The predicted molar refractivity (Wildman–Crippen MR) is 87.4 cm³/mol. The van der Waals surface area contributed by atoms with E-state index in [1.165, 1.54) is 11.3 Å². The molecule has 1 atom stereocenters. The van der Waals surface area contributed by atoms with Crippen LogP contribution in [-0.2, 0) is 0 Å². The molecule has 0 radical (unpaired) electrons. The number of rotatable bonds is 4. The summed E-state index contributed by atoms with van der Waals surface area (Å²) in [5.74, 6) is 0. The topological polar surface area (TPSA) is 6.48 Å². The Hall–Kier alpha value is -1.80. The minimum absolute atomic E-state index is 0.0514. The summed E-state index contributed by atoms with van der Waals surface area (Å²) in [6.07, 6.45) is 12.1. The van der Waals surface area contributed by atoms with Gasteiger partial charge in [0.25, 0.3) is 0 Å². The van der Waals surface area contributed by atoms with Gasteiger partial charge in [-0.05, 0) is 25.7 Å². The fourth-order valence-corrected chi connectivity index (χ4v) is 2.42. The summed E-state index contributed by atoms with van der Waals surface area (Å²) in [6.45, 7) is 0. The molecule has 1 aliphatic rings. The van der Waals surface area contributed by atoms with Gasteiger partial charge in [-0.25, -0.2) is 0 Å². The van der Waals surface area contributed by atoms with Crippen molar-refractivity contribution in [2.24, 2.45) is 0 Å². The zero-order valence-corrected chi connectivity index (χ0v) is 12.9. The minimum Gasteiger partial charge on any atom is -0.381 e. The molecule has 1 aliphatic carbocycles. The van der Waals surface area contributed by atoms with E-state index in [1.54, 1.807) is 0 Å². The Morgan fingerprint density at radius 2 is 1.75 bits per heavy atom. The molecule has 0 fully saturated rings. The van der Waals surface area contributed by atoms with Crippen molar-refractivity contribution in [3.63, 3.8) is 0 Å². The molecule has 0 spiro atoms. The summed E-state index contributed by atoms with van der Waals surface area (Å²) >= 11 is 0. The summed E-state index contributed by atoms with van der Waals surface area (Å²) in [4.78, 5) is 4.47. The Kier molecular flexibility index (Phi) is 4.46. The van der Waals surface area contributed by atoms with E-state index in [1.807, 2.05) is 6.07 Å². The lowest BCUT2D eigenvalue weighted by Gasteiger charge is -2.39. The fraction of sp³-hybridized carbons (Fsp3) is 0.333. The molecule has 106 valence electrons. The molecule has 0 aliphatic heterocycles. The van der Waals surface area contributed by atoms with Crippen molar-refractivity contribution in [1.82, 2.24) is 9.80 Å². The lowest BCUT2D eigenvalue weighted by molar-refractivity contribution is 0.245. The Morgan fingerprint density at radius 3 is 2.35 bits per heavy atom. The molecule has 0 saturated heterocycles. The number of likely N-dealkylation sites (N-methyl/N-ethyl adjacent to an activating group) is 1. The first-order valence-electron chi connectivity index (χ1n) is 7.01. The first-order chi connectivity index (χ1) is 9.53. The van der Waals surface area contributed by atoms with Crippen molar-refractivity contribution >= 4 is 6.08 Å². The van der Waals surface area contributed by atoms with Gasteiger partial charge in [-0.2, -0.15) is 0 Å². The molecule has 1 unspecified atom stereocenters. The van der Waals surface area contributed by atoms with Crippen LogP contribution in [0.3, 0.4) is 0 Å². The molecule has 0 heterocycles. The predicted octanol–water partition coefficient (Wildman–Crippen LogP) is 3.41. The zero-order valence-electron chi connectivity index (χ0n) is 12.9. The maximum absolute atomic E-state index is 2.30. The van der Waals surface area contributed by atoms with Gasteiger partial charge >= 0.3 is 0 Å². The number of hydrogen-bond donors (Lipinski definition) is 0. The van der Waals surface area contributed by atoms with Crippen LogP contribution in [0.5, 0.6) is 0 Å². The second kappa shape index (κ2) is 6.10. The van der Waals surface area contributed by atoms with Crippen molar-refractivity contribution in [3.8, 4) is 0 Å². The molecular formula is C18H24N2. The highest BCUT2D eigenvalue weighted by atomic mass is 15.2. The molecule has 2 rings (SSSR count). The molecular weight excluding hydrogens is 244 g/mol. The highest BCUT2D eigenvalue weighted by Gasteiger charge is 2.30. The maximum atomic E-state index is 2.30. The van der Waals surface area contributed by atoms with Crippen molar-refractivity contribution in [1.29, 1.82) is 0 Å². The summed E-state index contributed by atoms with van der Waals surface area (Å²) < 4.78 is 0. The van der Waals surface area contributed by atoms with Crippen LogP contribution >= 0.6 is 0 Å². The monoisotopic (exact) mass is 268 g/mol. The summed E-state index contributed by atoms with van der Waals surface area (Å²) in [7, 11) is 8.48. The van der Waals surface area contributed by atoms with E-state index in [9.17, 15) is 0 Å². The van der Waals surface area contributed by atoms with E-state index < -0.39 is 0 Å². The molecule has 0 N–H and O–H groups in total. The van der Waals surface area contributed by atoms with Crippen LogP contribution in [0.2, 0.25) is 0 Å². The van der Waals surface area contributed by atoms with Crippen LogP contribution in [-0.4, -0.2) is 43.5 Å². The van der Waals surface area contributed by atoms with Crippen LogP contribution in [0.4, 0.5) is 0 Å². The van der Waals surface area contributed by atoms with Crippen LogP contribution in [0.25, 0.3) is 6.08 Å². The Balaban J connectivity index is 2.26. The lowest BCUT2D eigenvalue weighted by Crippen LogP contribution is -2.43. The summed E-state index contributed by atoms with van der Waals surface area (Å²) in [5, 5.41) is 0. The number of hydrogen-bond acceptors (Lipinski definition) is 2. The SMILES string of the molecule is CN(C)C1=CC=CC(C=Cc2ccccc2)(N(C)C)C1. The standard InChI is InChI=1S/C18H24N2/c1-19(2)17-11-8-13-18(15-17,20(3)4)14-12-16-9-6-5-7-10-16/h5-14H,15H2,1-4H3. The zero-order chi connectivity index (χ0) is 14.6. The van der Waals surface area contributed by atoms with Crippen molar-refractivity contribution in [2.45, 2.75) is 12.0 Å². The van der Waals surface area contributed by atoms with Gasteiger partial charge in [-0.1, -0.05) is 54.6 Å². The summed E-state index contributed by atoms with van der Waals surface area (Å²) in [5.41, 5.74) is 2.53. The average molecular weight is 268 g/mol. The minimum atomic E-state index is -0.0514. The van der Waals surface area contributed by atoms with Gasteiger partial charge < -0.3 is 4.90 Å². The smallest absolute Gasteiger partial charge is 0.0631 e. The molecule has 0 saturated carbocycles. The van der Waals surface area contributed by atoms with Gasteiger partial charge in [-0.15, -0.1) is 0 Å². The van der Waals surface area contributed by atoms with E-state index in [0.717, 1.165) is 6.42 Å². The normalized spacial score (nSPS) is 22.4. The fourth-order valence-electron chi connectivity index (χ4n) is 2.42. The van der Waals surface area contributed by atoms with E-state index in [4.69, 9.17) is 0 Å². The molecule has 0 amide bonds. The maximum Gasteiger partial charge on any atom is 0.0631 e. The Labute approximate surface area is 122 Å². The summed E-state index contributed by atoms with van der Waals surface area (Å²) in [6, 6.07) is 10.5. The average Bonchev–Trinajstić information content (AvgIpc) is 2.46. The largest absolute Gasteiger partial charge is 0.381 e. The number of nitrogens with zero attached hydrogens (tertiary/aromatic N) is 2. The van der Waals surface area contributed by atoms with Crippen LogP contribution in [0.15, 0.2) is 60.3 Å². The van der Waals surface area contributed by atoms with Crippen LogP contribution < -0.4 is 0 Å². The van der Waals surface area contributed by atoms with Crippen molar-refractivity contribution < 1.29 is 0 Å². The highest BCUT2D eigenvalue weighted by molar-refractivity contribution is 5.52. The second-order valence-corrected chi connectivity index (χ2v) is 5.72. The second-order valence-electron chi connectivity index (χ2n) is 5.72. The lowest BCUT2D eigenvalue weighted by atomic mass is 9.86. The molecule has 2 heteroatoms. The van der Waals surface area contributed by atoms with Crippen LogP contribution in [0, 0.1) is 0 Å². The van der Waals surface area contributed by atoms with Gasteiger partial charge in [0.15, 0.2) is 0 Å². The van der Waals surface area contributed by atoms with Gasteiger partial charge in [-0.3, -0.25) is 4.90 Å². The Morgan fingerprint density at radius 1 is 1.05 bits per heavy atom. The first-order valence-corrected chi connectivity index (χ1v) is 7.01. The quantitative estimate of drug-likeness (QED) is 0.825. The van der Waals surface area contributed by atoms with Gasteiger partial charge in [0, 0.05) is 26.2 Å². The molecule has 0 bridgehead atoms. The molecule has 2 nitrogen and oxygen atoms in total. The Bertz CT molecular complexity index is 524. The third kappa shape index (κ3) is 3.20. The van der Waals surface area contributed by atoms with Gasteiger partial charge in [0.2, 0.25) is 0 Å². The molecule has 0 aromatic heterocycles. The number of allylic oxidation sites excluding steroid dienone is 2. The van der Waals surface area contributed by atoms with E-state index in [-0.39, 0.29) is 5.54 Å². The molecule has 1 aromatic rings. The van der Waals surface area contributed by atoms with E-state index in [2.05, 4.69) is 92.6 Å². The number of benzene rings is 1. The van der Waals surface area contributed by atoms with Crippen LogP contribution in [0.1, 0.15) is 12.0 Å². The van der Waals surface area contributed by atoms with Crippen molar-refractivity contribution in [2.75, 3.05) is 28.2 Å². The third-order valence-electron chi connectivity index (χ3n) is 3.91. The van der Waals surface area contributed by atoms with E-state index in [0.29, 0.717) is 0 Å². The third-order valence-corrected chi connectivity index (χ3v) is 3.91. The van der Waals surface area contributed by atoms with Gasteiger partial charge in [0.05, 0.1) is 5.54 Å². The molecule has 1 aromatic carbocycles. The van der Waals surface area contributed by atoms with Gasteiger partial charge in [0.1, 0.15) is 0 Å². The van der Waals surface area contributed by atoms with E-state index >= 15 is 0 Å². The first kappa shape index (κ1) is 14.6.